The summed E-state index contributed by atoms with van der Waals surface area (Å²) in [5.41, 5.74) is 11.4. The molecule has 262 valence electrons. The molecule has 11 aromatic rings. The summed E-state index contributed by atoms with van der Waals surface area (Å²) in [4.78, 5) is 15.4. The minimum atomic E-state index is 0.635. The summed E-state index contributed by atoms with van der Waals surface area (Å²) in [7, 11) is 0. The second kappa shape index (κ2) is 13.3. The average Bonchev–Trinajstić information content (AvgIpc) is 3.86. The van der Waals surface area contributed by atoms with E-state index in [-0.39, 0.29) is 0 Å². The van der Waals surface area contributed by atoms with Gasteiger partial charge in [-0.25, -0.2) is 15.0 Å². The molecule has 4 nitrogen and oxygen atoms in total. The molecule has 3 heterocycles. The zero-order valence-electron chi connectivity index (χ0n) is 30.1. The van der Waals surface area contributed by atoms with E-state index in [0.29, 0.717) is 17.5 Å². The van der Waals surface area contributed by atoms with E-state index in [1.165, 1.54) is 21.0 Å². The Balaban J connectivity index is 1.13. The molecule has 0 saturated heterocycles. The summed E-state index contributed by atoms with van der Waals surface area (Å²) in [6, 6.07) is 65.6. The first-order chi connectivity index (χ1) is 27.7. The van der Waals surface area contributed by atoms with E-state index in [0.717, 1.165) is 71.1 Å². The van der Waals surface area contributed by atoms with Crippen LogP contribution in [-0.2, 0) is 0 Å². The van der Waals surface area contributed by atoms with Crippen LogP contribution in [0.4, 0.5) is 0 Å². The molecular weight excluding hydrogens is 703 g/mol. The Morgan fingerprint density at radius 3 is 1.57 bits per heavy atom. The van der Waals surface area contributed by atoms with Crippen molar-refractivity contribution < 1.29 is 4.42 Å². The number of hydrogen-bond donors (Lipinski definition) is 0. The molecule has 0 aliphatic carbocycles. The third kappa shape index (κ3) is 5.48. The molecule has 5 heteroatoms. The molecule has 0 saturated carbocycles. The predicted octanol–water partition coefficient (Wildman–Crippen LogP) is 14.1. The smallest absolute Gasteiger partial charge is 0.165 e. The maximum Gasteiger partial charge on any atom is 0.165 e. The van der Waals surface area contributed by atoms with Crippen LogP contribution in [0, 0.1) is 0 Å². The van der Waals surface area contributed by atoms with Gasteiger partial charge in [0.2, 0.25) is 0 Å². The molecule has 56 heavy (non-hydrogen) atoms. The lowest BCUT2D eigenvalue weighted by Gasteiger charge is -2.10. The molecule has 0 spiro atoms. The van der Waals surface area contributed by atoms with Crippen LogP contribution < -0.4 is 0 Å². The number of benzene rings is 8. The minimum absolute atomic E-state index is 0.635. The summed E-state index contributed by atoms with van der Waals surface area (Å²) in [5, 5.41) is 4.57. The number of fused-ring (bicyclic) bond motifs is 6. The number of hydrogen-bond acceptors (Lipinski definition) is 5. The van der Waals surface area contributed by atoms with Crippen molar-refractivity contribution in [2.45, 2.75) is 0 Å². The van der Waals surface area contributed by atoms with Crippen LogP contribution in [0.25, 0.3) is 110 Å². The van der Waals surface area contributed by atoms with Crippen molar-refractivity contribution >= 4 is 53.4 Å². The molecule has 0 radical (unpaired) electrons. The molecule has 0 aliphatic rings. The summed E-state index contributed by atoms with van der Waals surface area (Å²) >= 11 is 1.78. The van der Waals surface area contributed by atoms with Crippen molar-refractivity contribution in [1.82, 2.24) is 15.0 Å². The van der Waals surface area contributed by atoms with E-state index in [4.69, 9.17) is 19.4 Å². The lowest BCUT2D eigenvalue weighted by atomic mass is 9.95. The third-order valence-corrected chi connectivity index (χ3v) is 11.8. The first kappa shape index (κ1) is 32.2. The highest BCUT2D eigenvalue weighted by Crippen LogP contribution is 2.47. The Hall–Kier alpha value is -7.21. The van der Waals surface area contributed by atoms with E-state index in [9.17, 15) is 0 Å². The molecule has 0 fully saturated rings. The highest BCUT2D eigenvalue weighted by Gasteiger charge is 2.21. The molecule has 0 unspecified atom stereocenters. The van der Waals surface area contributed by atoms with Gasteiger partial charge < -0.3 is 4.42 Å². The Bertz CT molecular complexity index is 3240. The molecule has 0 bridgehead atoms. The summed E-state index contributed by atoms with van der Waals surface area (Å²) in [6.45, 7) is 0. The van der Waals surface area contributed by atoms with Gasteiger partial charge in [0.15, 0.2) is 17.5 Å². The van der Waals surface area contributed by atoms with Crippen molar-refractivity contribution in [3.8, 4) is 67.5 Å². The maximum atomic E-state index is 6.67. The topological polar surface area (TPSA) is 51.8 Å². The van der Waals surface area contributed by atoms with E-state index >= 15 is 0 Å². The standard InChI is InChI=1S/C51H31N3OS/c1-4-15-32(16-5-1)35-21-12-22-36(29-35)50-52-49(34-19-8-3-9-20-34)53-51(54-50)42-27-14-25-40-39-24-13-26-41(47(39)56-48(40)42)44-31-37(33-17-6-2-7-18-33)30-43-38-23-10-11-28-45(38)55-46(43)44/h1-31H. The van der Waals surface area contributed by atoms with Crippen LogP contribution in [-0.4, -0.2) is 15.0 Å². The number of furan rings is 1. The Morgan fingerprint density at radius 1 is 0.321 bits per heavy atom. The lowest BCUT2D eigenvalue weighted by molar-refractivity contribution is 0.670. The third-order valence-electron chi connectivity index (χ3n) is 10.5. The van der Waals surface area contributed by atoms with Crippen LogP contribution in [0.5, 0.6) is 0 Å². The van der Waals surface area contributed by atoms with Crippen molar-refractivity contribution in [1.29, 1.82) is 0 Å². The van der Waals surface area contributed by atoms with Gasteiger partial charge in [-0.1, -0.05) is 158 Å². The van der Waals surface area contributed by atoms with Crippen molar-refractivity contribution in [2.24, 2.45) is 0 Å². The van der Waals surface area contributed by atoms with Gasteiger partial charge in [-0.15, -0.1) is 11.3 Å². The Morgan fingerprint density at radius 2 is 0.839 bits per heavy atom. The van der Waals surface area contributed by atoms with Crippen molar-refractivity contribution in [3.05, 3.63) is 188 Å². The summed E-state index contributed by atoms with van der Waals surface area (Å²) in [6.07, 6.45) is 0. The van der Waals surface area contributed by atoms with Gasteiger partial charge in [0, 0.05) is 58.8 Å². The number of aromatic nitrogens is 3. The van der Waals surface area contributed by atoms with Gasteiger partial charge in [-0.05, 0) is 52.6 Å². The number of thiophene rings is 1. The summed E-state index contributed by atoms with van der Waals surface area (Å²) in [5.74, 6) is 1.92. The van der Waals surface area contributed by atoms with Crippen LogP contribution in [0.1, 0.15) is 0 Å². The van der Waals surface area contributed by atoms with Gasteiger partial charge in [0.25, 0.3) is 0 Å². The van der Waals surface area contributed by atoms with Crippen LogP contribution >= 0.6 is 11.3 Å². The molecule has 3 aromatic heterocycles. The quantitative estimate of drug-likeness (QED) is 0.171. The SMILES string of the molecule is c1ccc(-c2cccc(-c3nc(-c4ccccc4)nc(-c4cccc5c4sc4c(-c6cc(-c7ccccc7)cc7c6oc6ccccc67)cccc45)n3)c2)cc1. The fourth-order valence-electron chi connectivity index (χ4n) is 7.84. The Kier molecular flexibility index (Phi) is 7.64. The van der Waals surface area contributed by atoms with Gasteiger partial charge in [0.1, 0.15) is 11.2 Å². The number of rotatable bonds is 6. The minimum Gasteiger partial charge on any atom is -0.455 e. The van der Waals surface area contributed by atoms with Gasteiger partial charge in [-0.2, -0.15) is 0 Å². The highest BCUT2D eigenvalue weighted by molar-refractivity contribution is 7.26. The Labute approximate surface area is 327 Å². The van der Waals surface area contributed by atoms with E-state index in [1.54, 1.807) is 11.3 Å². The van der Waals surface area contributed by atoms with Crippen LogP contribution in [0.15, 0.2) is 192 Å². The molecular formula is C51H31N3OS. The van der Waals surface area contributed by atoms with Gasteiger partial charge in [-0.3, -0.25) is 0 Å². The zero-order valence-corrected chi connectivity index (χ0v) is 30.9. The largest absolute Gasteiger partial charge is 0.455 e. The van der Waals surface area contributed by atoms with E-state index < -0.39 is 0 Å². The highest BCUT2D eigenvalue weighted by atomic mass is 32.1. The number of para-hydroxylation sites is 1. The maximum absolute atomic E-state index is 6.67. The number of nitrogens with zero attached hydrogens (tertiary/aromatic N) is 3. The monoisotopic (exact) mass is 733 g/mol. The predicted molar refractivity (Wildman–Crippen MR) is 233 cm³/mol. The van der Waals surface area contributed by atoms with Crippen LogP contribution in [0.3, 0.4) is 0 Å². The van der Waals surface area contributed by atoms with E-state index in [2.05, 4.69) is 158 Å². The molecule has 0 N–H and O–H groups in total. The normalized spacial score (nSPS) is 11.6. The molecule has 0 aliphatic heterocycles. The van der Waals surface area contributed by atoms with Crippen molar-refractivity contribution in [3.63, 3.8) is 0 Å². The fourth-order valence-corrected chi connectivity index (χ4v) is 9.18. The second-order valence-electron chi connectivity index (χ2n) is 14.0. The van der Waals surface area contributed by atoms with Gasteiger partial charge >= 0.3 is 0 Å². The summed E-state index contributed by atoms with van der Waals surface area (Å²) < 4.78 is 8.99. The lowest BCUT2D eigenvalue weighted by Crippen LogP contribution is -2.00. The first-order valence-corrected chi connectivity index (χ1v) is 19.5. The zero-order chi connectivity index (χ0) is 37.0. The van der Waals surface area contributed by atoms with Gasteiger partial charge in [0.05, 0.1) is 0 Å². The molecule has 0 amide bonds. The fraction of sp³-hybridized carbons (Fsp3) is 0. The molecule has 0 atom stereocenters. The molecule has 8 aromatic carbocycles. The first-order valence-electron chi connectivity index (χ1n) is 18.7. The van der Waals surface area contributed by atoms with E-state index in [1.807, 2.05) is 30.3 Å². The second-order valence-corrected chi connectivity index (χ2v) is 15.0. The van der Waals surface area contributed by atoms with Crippen LogP contribution in [0.2, 0.25) is 0 Å². The molecule has 11 rings (SSSR count). The average molecular weight is 734 g/mol. The van der Waals surface area contributed by atoms with Crippen molar-refractivity contribution in [2.75, 3.05) is 0 Å².